The molecule has 8 nitrogen and oxygen atoms in total. The molecule has 0 aliphatic heterocycles. The number of hydrogen-bond donors (Lipinski definition) is 0. The minimum Gasteiger partial charge on any atom is -0.308 e. The molecule has 12 heteroatoms. The molecule has 0 aliphatic rings. The topological polar surface area (TPSA) is 87.2 Å². The van der Waals surface area contributed by atoms with Crippen LogP contribution in [-0.2, 0) is 0 Å². The summed E-state index contributed by atoms with van der Waals surface area (Å²) < 4.78 is 64.5. The molecule has 0 unspecified atom stereocenters. The number of rotatable bonds is 14. The Morgan fingerprint density at radius 3 is 1.13 bits per heavy atom. The first-order valence-electron chi connectivity index (χ1n) is 36.7. The lowest BCUT2D eigenvalue weighted by Gasteiger charge is -2.18. The molecule has 0 saturated carbocycles. The van der Waals surface area contributed by atoms with Crippen molar-refractivity contribution in [3.05, 3.63) is 374 Å². The van der Waals surface area contributed by atoms with Crippen LogP contribution < -0.4 is 0 Å². The third-order valence-electron chi connectivity index (χ3n) is 21.0. The van der Waals surface area contributed by atoms with E-state index in [1.54, 1.807) is 12.1 Å². The summed E-state index contributed by atoms with van der Waals surface area (Å²) in [6.45, 7) is 6.46. The minimum atomic E-state index is -0.951. The Morgan fingerprint density at radius 1 is 0.207 bits per heavy atom. The molecule has 0 fully saturated rings. The van der Waals surface area contributed by atoms with Gasteiger partial charge in [-0.25, -0.2) is 47.5 Å². The van der Waals surface area contributed by atoms with Crippen LogP contribution in [0, 0.1) is 44.0 Å². The highest BCUT2D eigenvalue weighted by Gasteiger charge is 2.26. The van der Waals surface area contributed by atoms with Crippen molar-refractivity contribution in [2.24, 2.45) is 0 Å². The van der Waals surface area contributed by atoms with E-state index >= 15 is 8.78 Å². The monoisotopic (exact) mass is 1440 g/mol. The Hall–Kier alpha value is -14.4. The summed E-state index contributed by atoms with van der Waals surface area (Å²) >= 11 is 0. The van der Waals surface area contributed by atoms with Gasteiger partial charge in [-0.15, -0.1) is 0 Å². The van der Waals surface area contributed by atoms with Crippen LogP contribution >= 0.6 is 0 Å². The highest BCUT2D eigenvalue weighted by atomic mass is 19.2. The zero-order valence-corrected chi connectivity index (χ0v) is 60.3. The van der Waals surface area contributed by atoms with Gasteiger partial charge in [0, 0.05) is 54.9 Å². The Labute approximate surface area is 637 Å². The number of aromatic nitrogens is 8. The van der Waals surface area contributed by atoms with Crippen LogP contribution in [0.4, 0.5) is 17.6 Å². The van der Waals surface area contributed by atoms with Crippen molar-refractivity contribution in [1.29, 1.82) is 0 Å². The zero-order chi connectivity index (χ0) is 75.0. The van der Waals surface area contributed by atoms with Crippen LogP contribution in [0.25, 0.3) is 190 Å². The molecule has 0 atom stereocenters. The maximum atomic E-state index is 15.3. The van der Waals surface area contributed by atoms with Crippen LogP contribution in [-0.4, -0.2) is 39.0 Å². The third-order valence-corrected chi connectivity index (χ3v) is 21.0. The van der Waals surface area contributed by atoms with Gasteiger partial charge in [0.25, 0.3) is 0 Å². The van der Waals surface area contributed by atoms with Crippen molar-refractivity contribution in [3.63, 3.8) is 0 Å². The van der Waals surface area contributed by atoms with Gasteiger partial charge in [0.05, 0.1) is 33.4 Å². The smallest absolute Gasteiger partial charge is 0.166 e. The van der Waals surface area contributed by atoms with Gasteiger partial charge in [0.2, 0.25) is 0 Å². The van der Waals surface area contributed by atoms with Gasteiger partial charge in [0.15, 0.2) is 58.2 Å². The Balaban J connectivity index is 0.781. The van der Waals surface area contributed by atoms with Crippen LogP contribution in [0.1, 0.15) is 16.7 Å². The molecule has 19 aromatic rings. The fourth-order valence-corrected chi connectivity index (χ4v) is 15.7. The third kappa shape index (κ3) is 12.3. The van der Waals surface area contributed by atoms with E-state index in [2.05, 4.69) is 163 Å². The summed E-state index contributed by atoms with van der Waals surface area (Å²) in [6.07, 6.45) is 0. The molecule has 0 bridgehead atoms. The molecule has 0 N–H and O–H groups in total. The Kier molecular flexibility index (Phi) is 16.8. The molecular weight excluding hydrogens is 1380 g/mol. The van der Waals surface area contributed by atoms with Crippen LogP contribution in [0.15, 0.2) is 334 Å². The maximum Gasteiger partial charge on any atom is 0.166 e. The molecule has 4 aromatic heterocycles. The lowest BCUT2D eigenvalue weighted by molar-refractivity contribution is 0.509. The summed E-state index contributed by atoms with van der Waals surface area (Å²) in [4.78, 5) is 31.2. The average molecular weight is 1440 g/mol. The predicted molar refractivity (Wildman–Crippen MR) is 441 cm³/mol. The van der Waals surface area contributed by atoms with Crippen molar-refractivity contribution >= 4 is 43.6 Å². The lowest BCUT2D eigenvalue weighted by atomic mass is 9.88. The molecule has 528 valence electrons. The van der Waals surface area contributed by atoms with Gasteiger partial charge < -0.3 is 9.13 Å². The fraction of sp³-hybridized carbons (Fsp3) is 0.0303. The second kappa shape index (κ2) is 27.8. The second-order valence-electron chi connectivity index (χ2n) is 28.1. The number of fused-ring (bicyclic) bond motifs is 6. The van der Waals surface area contributed by atoms with Crippen molar-refractivity contribution in [3.8, 4) is 146 Å². The zero-order valence-electron chi connectivity index (χ0n) is 60.3. The van der Waals surface area contributed by atoms with Gasteiger partial charge in [-0.3, -0.25) is 0 Å². The van der Waals surface area contributed by atoms with Crippen LogP contribution in [0.3, 0.4) is 0 Å². The van der Waals surface area contributed by atoms with Crippen LogP contribution in [0.5, 0.6) is 0 Å². The first-order chi connectivity index (χ1) is 54.4. The lowest BCUT2D eigenvalue weighted by Crippen LogP contribution is -2.04. The quantitative estimate of drug-likeness (QED) is 0.101. The second-order valence-corrected chi connectivity index (χ2v) is 28.1. The number of benzene rings is 15. The maximum absolute atomic E-state index is 15.3. The Morgan fingerprint density at radius 2 is 0.595 bits per heavy atom. The molecule has 0 radical (unpaired) electrons. The SMILES string of the molecule is Cc1cc(-c2ccc3c4ccccc4n(-c4ccc(-c5ccc(F)c(F)c5)cc4-c4nc(-c5ccccc5)nc(-c5ccccc5)n4)c3c2)cc(-c2cccc(C)c2-c2ccc3c(c2)c2cc(-c4ccccc4C)ccc2n3-c2ccc(-c3ccc(F)c(F)c3)cc2-c2nc(-c3ccccc3)nc(-c3ccccc3)n2)c1. The van der Waals surface area contributed by atoms with E-state index in [0.29, 0.717) is 68.3 Å². The summed E-state index contributed by atoms with van der Waals surface area (Å²) in [5.41, 5.74) is 23.7. The van der Waals surface area contributed by atoms with E-state index in [-0.39, 0.29) is 0 Å². The highest BCUT2D eigenvalue weighted by Crippen LogP contribution is 2.46. The summed E-state index contributed by atoms with van der Waals surface area (Å²) in [5, 5.41) is 4.09. The summed E-state index contributed by atoms with van der Waals surface area (Å²) in [5.74, 6) is -1.06. The molecule has 15 aromatic carbocycles. The minimum absolute atomic E-state index is 0.393. The number of aryl methyl sites for hydroxylation is 3. The van der Waals surface area contributed by atoms with Gasteiger partial charge in [0.1, 0.15) is 0 Å². The van der Waals surface area contributed by atoms with Crippen molar-refractivity contribution in [2.45, 2.75) is 20.8 Å². The van der Waals surface area contributed by atoms with Gasteiger partial charge in [-0.1, -0.05) is 243 Å². The highest BCUT2D eigenvalue weighted by molar-refractivity contribution is 6.14. The molecule has 0 aliphatic carbocycles. The number of halogens is 4. The summed E-state index contributed by atoms with van der Waals surface area (Å²) in [7, 11) is 0. The molecule has 0 amide bonds. The first kappa shape index (κ1) is 67.3. The van der Waals surface area contributed by atoms with Crippen LogP contribution in [0.2, 0.25) is 0 Å². The Bertz CT molecular complexity index is 6800. The number of nitrogens with zero attached hydrogens (tertiary/aromatic N) is 8. The first-order valence-corrected chi connectivity index (χ1v) is 36.7. The standard InChI is InChI=1S/C99H64F4N8/c1-59-49-73(70-35-42-78-77-32-18-19-34-87(77)111(92(78)58-70)91-46-39-67(69-37-44-84(101)86(103)57-69)53-82(91)99-108-96(64-27-12-6-13-28-64)105-97(109-99)65-29-14-7-15-30-65)51-74(50-59)76-33-20-22-61(3)93(76)72-41-48-89-80(55-72)79-54-71(75-31-17-16-21-60(75)2)40-47-88(79)110(89)90-45-38-66(68-36-43-83(100)85(102)56-68)52-81(90)98-106-94(62-23-8-4-9-24-62)104-95(107-98)63-25-10-5-11-26-63/h4-58H,1-3H3. The van der Waals surface area contributed by atoms with E-state index < -0.39 is 23.3 Å². The molecular formula is C99H64F4N8. The van der Waals surface area contributed by atoms with Gasteiger partial charge >= 0.3 is 0 Å². The van der Waals surface area contributed by atoms with E-state index in [0.717, 1.165) is 151 Å². The van der Waals surface area contributed by atoms with E-state index in [4.69, 9.17) is 29.9 Å². The van der Waals surface area contributed by atoms with Gasteiger partial charge in [-0.2, -0.15) is 0 Å². The number of para-hydroxylation sites is 1. The van der Waals surface area contributed by atoms with E-state index in [9.17, 15) is 8.78 Å². The molecule has 0 spiro atoms. The molecule has 0 saturated heterocycles. The van der Waals surface area contributed by atoms with Gasteiger partial charge in [-0.05, 0) is 195 Å². The number of hydrogen-bond acceptors (Lipinski definition) is 6. The van der Waals surface area contributed by atoms with Crippen molar-refractivity contribution in [2.75, 3.05) is 0 Å². The summed E-state index contributed by atoms with van der Waals surface area (Å²) in [6, 6.07) is 109. The van der Waals surface area contributed by atoms with E-state index in [1.165, 1.54) is 12.1 Å². The van der Waals surface area contributed by atoms with E-state index in [1.807, 2.05) is 164 Å². The molecule has 111 heavy (non-hydrogen) atoms. The predicted octanol–water partition coefficient (Wildman–Crippen LogP) is 25.7. The fourth-order valence-electron chi connectivity index (χ4n) is 15.7. The largest absolute Gasteiger partial charge is 0.308 e. The van der Waals surface area contributed by atoms with Crippen molar-refractivity contribution in [1.82, 2.24) is 39.0 Å². The average Bonchev–Trinajstić information content (AvgIpc) is 1.60. The molecule has 19 rings (SSSR count). The normalized spacial score (nSPS) is 11.6. The molecule has 4 heterocycles. The van der Waals surface area contributed by atoms with Crippen molar-refractivity contribution < 1.29 is 17.6 Å².